The molecule has 2 aromatic rings. The second kappa shape index (κ2) is 12.8. The molecule has 2 saturated heterocycles. The van der Waals surface area contributed by atoms with E-state index in [-0.39, 0.29) is 29.3 Å². The van der Waals surface area contributed by atoms with Crippen LogP contribution < -0.4 is 0 Å². The Balaban J connectivity index is 1.43. The highest BCUT2D eigenvalue weighted by atomic mass is 19.1. The Morgan fingerprint density at radius 1 is 0.795 bits per heavy atom. The van der Waals surface area contributed by atoms with E-state index in [2.05, 4.69) is 5.11 Å². The molecule has 210 valence electrons. The number of halogens is 2. The lowest BCUT2D eigenvalue weighted by atomic mass is 10.1. The minimum atomic E-state index is -0.730. The molecule has 2 fully saturated rings. The molecule has 0 N–H and O–H groups in total. The van der Waals surface area contributed by atoms with Crippen LogP contribution in [0.15, 0.2) is 41.5 Å². The van der Waals surface area contributed by atoms with Gasteiger partial charge in [0.1, 0.15) is 0 Å². The molecule has 2 heterocycles. The van der Waals surface area contributed by atoms with E-state index in [4.69, 9.17) is 9.47 Å². The Morgan fingerprint density at radius 3 is 1.74 bits per heavy atom. The number of carbonyl (C=O) groups is 2. The molecular formula is C26H32F2N6O5. The van der Waals surface area contributed by atoms with Crippen LogP contribution in [-0.2, 0) is 22.6 Å². The number of rotatable bonds is 6. The van der Waals surface area contributed by atoms with Crippen LogP contribution in [0.2, 0.25) is 0 Å². The van der Waals surface area contributed by atoms with Crippen molar-refractivity contribution in [2.45, 2.75) is 13.1 Å². The van der Waals surface area contributed by atoms with E-state index in [9.17, 15) is 14.8 Å². The lowest BCUT2D eigenvalue weighted by molar-refractivity contribution is -0.438. The van der Waals surface area contributed by atoms with Crippen LogP contribution >= 0.6 is 0 Å². The Kier molecular flexibility index (Phi) is 9.25. The van der Waals surface area contributed by atoms with Crippen molar-refractivity contribution < 1.29 is 32.7 Å². The number of amides is 2. The normalized spacial score (nSPS) is 17.3. The number of hydrogen-bond donors (Lipinski definition) is 0. The lowest BCUT2D eigenvalue weighted by Gasteiger charge is -2.33. The highest BCUT2D eigenvalue weighted by Crippen LogP contribution is 2.27. The van der Waals surface area contributed by atoms with Crippen LogP contribution in [0.1, 0.15) is 11.1 Å². The van der Waals surface area contributed by atoms with Crippen LogP contribution in [0.5, 0.6) is 0 Å². The van der Waals surface area contributed by atoms with E-state index in [1.54, 1.807) is 34.1 Å². The van der Waals surface area contributed by atoms with Crippen molar-refractivity contribution in [3.05, 3.63) is 64.4 Å². The molecule has 2 amide bonds. The SMILES string of the molecule is COC(=O)N1CCN(Cc2cccc(N=[N+]([O-])c3cccc(CN4CCN(C(=O)OC)CC4)c3F)c2F)CC1. The standard InChI is InChI=1S/C26H32F2N6O5/c1-38-25(35)32-13-9-30(10-14-32)17-19-5-3-7-21(23(19)27)29-34(37)22-8-4-6-20(24(22)28)18-31-11-15-33(16-12-31)26(36)39-2/h3-8H,9-18H2,1-2H3. The molecule has 0 saturated carbocycles. The fraction of sp³-hybridized carbons (Fsp3) is 0.462. The predicted octanol–water partition coefficient (Wildman–Crippen LogP) is 3.66. The van der Waals surface area contributed by atoms with Gasteiger partial charge >= 0.3 is 12.2 Å². The third-order valence-corrected chi connectivity index (χ3v) is 6.92. The summed E-state index contributed by atoms with van der Waals surface area (Å²) in [4.78, 5) is 30.6. The average molecular weight is 547 g/mol. The van der Waals surface area contributed by atoms with Crippen LogP contribution in [0.3, 0.4) is 0 Å². The van der Waals surface area contributed by atoms with Gasteiger partial charge in [-0.2, -0.15) is 4.39 Å². The summed E-state index contributed by atoms with van der Waals surface area (Å²) in [6, 6.07) is 9.00. The highest BCUT2D eigenvalue weighted by Gasteiger charge is 2.25. The molecule has 0 bridgehead atoms. The lowest BCUT2D eigenvalue weighted by Crippen LogP contribution is -2.48. The van der Waals surface area contributed by atoms with Gasteiger partial charge in [-0.1, -0.05) is 24.3 Å². The summed E-state index contributed by atoms with van der Waals surface area (Å²) in [5, 5.41) is 16.6. The first-order valence-corrected chi connectivity index (χ1v) is 12.6. The molecule has 39 heavy (non-hydrogen) atoms. The molecule has 0 aromatic heterocycles. The van der Waals surface area contributed by atoms with E-state index >= 15 is 8.78 Å². The van der Waals surface area contributed by atoms with Gasteiger partial charge in [0.2, 0.25) is 5.82 Å². The molecule has 2 aliphatic rings. The van der Waals surface area contributed by atoms with E-state index in [1.165, 1.54) is 26.4 Å². The second-order valence-electron chi connectivity index (χ2n) is 9.34. The number of methoxy groups -OCH3 is 2. The molecular weight excluding hydrogens is 514 g/mol. The first kappa shape index (κ1) is 28.2. The molecule has 0 atom stereocenters. The Bertz CT molecular complexity index is 1210. The van der Waals surface area contributed by atoms with Crippen molar-refractivity contribution in [2.75, 3.05) is 66.6 Å². The van der Waals surface area contributed by atoms with Gasteiger partial charge in [-0.15, -0.1) is 0 Å². The van der Waals surface area contributed by atoms with Crippen molar-refractivity contribution in [2.24, 2.45) is 5.11 Å². The summed E-state index contributed by atoms with van der Waals surface area (Å²) in [5.74, 6) is -1.39. The first-order valence-electron chi connectivity index (χ1n) is 12.6. The van der Waals surface area contributed by atoms with Crippen LogP contribution in [0.25, 0.3) is 0 Å². The quantitative estimate of drug-likeness (QED) is 0.310. The average Bonchev–Trinajstić information content (AvgIpc) is 2.96. The van der Waals surface area contributed by atoms with Gasteiger partial charge in [-0.25, -0.2) is 14.0 Å². The smallest absolute Gasteiger partial charge is 0.409 e. The van der Waals surface area contributed by atoms with Crippen molar-refractivity contribution in [3.63, 3.8) is 0 Å². The van der Waals surface area contributed by atoms with Crippen molar-refractivity contribution in [3.8, 4) is 0 Å². The predicted molar refractivity (Wildman–Crippen MR) is 137 cm³/mol. The molecule has 0 aliphatic carbocycles. The molecule has 0 radical (unpaired) electrons. The summed E-state index contributed by atoms with van der Waals surface area (Å²) in [6.07, 6.45) is -0.793. The van der Waals surface area contributed by atoms with Crippen molar-refractivity contribution >= 4 is 23.6 Å². The maximum atomic E-state index is 15.3. The van der Waals surface area contributed by atoms with Gasteiger partial charge in [0, 0.05) is 87.8 Å². The minimum absolute atomic E-state index is 0.103. The van der Waals surface area contributed by atoms with E-state index < -0.39 is 23.8 Å². The zero-order valence-electron chi connectivity index (χ0n) is 22.0. The summed E-state index contributed by atoms with van der Waals surface area (Å²) >= 11 is 0. The Labute approximate surface area is 225 Å². The third-order valence-electron chi connectivity index (χ3n) is 6.92. The fourth-order valence-corrected chi connectivity index (χ4v) is 4.67. The molecule has 13 heteroatoms. The molecule has 0 spiro atoms. The third kappa shape index (κ3) is 6.79. The highest BCUT2D eigenvalue weighted by molar-refractivity contribution is 5.67. The zero-order valence-corrected chi connectivity index (χ0v) is 22.0. The molecule has 11 nitrogen and oxygen atoms in total. The van der Waals surface area contributed by atoms with Gasteiger partial charge in [0.25, 0.3) is 5.69 Å². The Hall–Kier alpha value is -3.84. The molecule has 2 aliphatic heterocycles. The van der Waals surface area contributed by atoms with Crippen molar-refractivity contribution in [1.82, 2.24) is 19.6 Å². The van der Waals surface area contributed by atoms with Gasteiger partial charge in [-0.3, -0.25) is 9.80 Å². The number of azo groups is 1. The summed E-state index contributed by atoms with van der Waals surface area (Å²) in [5.41, 5.74) is 0.135. The van der Waals surface area contributed by atoms with Gasteiger partial charge in [0.15, 0.2) is 11.5 Å². The first-order chi connectivity index (χ1) is 18.8. The van der Waals surface area contributed by atoms with E-state index in [0.29, 0.717) is 63.5 Å². The summed E-state index contributed by atoms with van der Waals surface area (Å²) < 4.78 is 40.0. The number of carbonyl (C=O) groups excluding carboxylic acids is 2. The van der Waals surface area contributed by atoms with Gasteiger partial charge in [-0.05, 0) is 10.9 Å². The summed E-state index contributed by atoms with van der Waals surface area (Å²) in [7, 11) is 2.66. The fourth-order valence-electron chi connectivity index (χ4n) is 4.67. The van der Waals surface area contributed by atoms with Crippen LogP contribution in [0.4, 0.5) is 29.7 Å². The number of ether oxygens (including phenoxy) is 2. The Morgan fingerprint density at radius 2 is 1.26 bits per heavy atom. The second-order valence-corrected chi connectivity index (χ2v) is 9.34. The van der Waals surface area contributed by atoms with Crippen molar-refractivity contribution in [1.29, 1.82) is 0 Å². The van der Waals surface area contributed by atoms with E-state index in [1.807, 2.05) is 9.80 Å². The monoisotopic (exact) mass is 546 g/mol. The molecule has 2 aromatic carbocycles. The molecule has 4 rings (SSSR count). The topological polar surface area (TPSA) is 104 Å². The van der Waals surface area contributed by atoms with E-state index in [0.717, 1.165) is 0 Å². The van der Waals surface area contributed by atoms with Gasteiger partial charge in [0.05, 0.1) is 14.2 Å². The largest absolute Gasteiger partial charge is 0.594 e. The minimum Gasteiger partial charge on any atom is -0.594 e. The summed E-state index contributed by atoms with van der Waals surface area (Å²) in [6.45, 7) is 4.48. The number of nitrogens with zero attached hydrogens (tertiary/aromatic N) is 6. The van der Waals surface area contributed by atoms with Crippen LogP contribution in [0, 0.1) is 16.8 Å². The molecule has 0 unspecified atom stereocenters. The maximum absolute atomic E-state index is 15.3. The zero-order chi connectivity index (χ0) is 27.9. The van der Waals surface area contributed by atoms with Crippen LogP contribution in [-0.4, -0.2) is 103 Å². The van der Waals surface area contributed by atoms with Gasteiger partial charge < -0.3 is 24.5 Å². The number of benzene rings is 2. The number of hydrogen-bond acceptors (Lipinski definition) is 8. The number of piperazine rings is 2. The maximum Gasteiger partial charge on any atom is 0.409 e.